The fourth-order valence-electron chi connectivity index (χ4n) is 1.62. The van der Waals surface area contributed by atoms with Gasteiger partial charge in [-0.15, -0.1) is 6.42 Å². The molecule has 96 valence electrons. The Balaban J connectivity index is 2.78. The molecule has 0 aromatic heterocycles. The van der Waals surface area contributed by atoms with Gasteiger partial charge in [-0.3, -0.25) is 15.4 Å². The minimum Gasteiger partial charge on any atom is -0.299 e. The van der Waals surface area contributed by atoms with Crippen LogP contribution in [-0.2, 0) is 6.54 Å². The van der Waals surface area contributed by atoms with Crippen LogP contribution in [0.25, 0.3) is 0 Å². The first-order valence-electron chi connectivity index (χ1n) is 5.70. The molecule has 0 radical (unpaired) electrons. The maximum atomic E-state index is 10.9. The van der Waals surface area contributed by atoms with Gasteiger partial charge in [0.2, 0.25) is 0 Å². The van der Waals surface area contributed by atoms with Gasteiger partial charge in [-0.1, -0.05) is 35.2 Å². The Hall–Kier alpha value is -1.38. The Morgan fingerprint density at radius 1 is 1.61 bits per heavy atom. The molecular formula is C13H15BrN2O2. The van der Waals surface area contributed by atoms with Crippen LogP contribution in [-0.4, -0.2) is 11.0 Å². The number of nitrogens with one attached hydrogen (secondary N) is 1. The van der Waals surface area contributed by atoms with Crippen molar-refractivity contribution in [3.05, 3.63) is 38.3 Å². The summed E-state index contributed by atoms with van der Waals surface area (Å²) >= 11 is 3.23. The summed E-state index contributed by atoms with van der Waals surface area (Å²) in [4.78, 5) is 10.5. The molecule has 1 rings (SSSR count). The number of halogens is 1. The van der Waals surface area contributed by atoms with E-state index >= 15 is 0 Å². The maximum Gasteiger partial charge on any atom is 0.275 e. The van der Waals surface area contributed by atoms with E-state index in [1.165, 1.54) is 6.07 Å². The molecule has 0 aliphatic rings. The van der Waals surface area contributed by atoms with Crippen molar-refractivity contribution in [1.82, 2.24) is 5.32 Å². The Morgan fingerprint density at radius 3 is 2.89 bits per heavy atom. The zero-order valence-corrected chi connectivity index (χ0v) is 11.7. The van der Waals surface area contributed by atoms with Crippen LogP contribution in [0.3, 0.4) is 0 Å². The quantitative estimate of drug-likeness (QED) is 0.498. The third-order valence-electron chi connectivity index (χ3n) is 2.56. The highest BCUT2D eigenvalue weighted by Crippen LogP contribution is 2.23. The normalized spacial score (nSPS) is 11.8. The zero-order valence-electron chi connectivity index (χ0n) is 10.1. The van der Waals surface area contributed by atoms with Crippen LogP contribution in [0.2, 0.25) is 0 Å². The van der Waals surface area contributed by atoms with Gasteiger partial charge in [0.05, 0.1) is 11.0 Å². The summed E-state index contributed by atoms with van der Waals surface area (Å²) in [5, 5.41) is 14.1. The van der Waals surface area contributed by atoms with Crippen LogP contribution in [0, 0.1) is 22.5 Å². The van der Waals surface area contributed by atoms with Gasteiger partial charge in [0.25, 0.3) is 5.69 Å². The van der Waals surface area contributed by atoms with Gasteiger partial charge >= 0.3 is 0 Å². The number of terminal acetylenes is 1. The Morgan fingerprint density at radius 2 is 2.33 bits per heavy atom. The summed E-state index contributed by atoms with van der Waals surface area (Å²) < 4.78 is 0.694. The van der Waals surface area contributed by atoms with E-state index in [1.54, 1.807) is 12.1 Å². The fourth-order valence-corrected chi connectivity index (χ4v) is 1.97. The third kappa shape index (κ3) is 4.13. The third-order valence-corrected chi connectivity index (χ3v) is 3.05. The molecule has 1 unspecified atom stereocenters. The van der Waals surface area contributed by atoms with Gasteiger partial charge < -0.3 is 0 Å². The molecule has 0 saturated heterocycles. The highest BCUT2D eigenvalue weighted by molar-refractivity contribution is 9.10. The van der Waals surface area contributed by atoms with Crippen LogP contribution < -0.4 is 5.32 Å². The van der Waals surface area contributed by atoms with Crippen molar-refractivity contribution < 1.29 is 4.92 Å². The molecule has 0 bridgehead atoms. The molecule has 0 aliphatic heterocycles. The summed E-state index contributed by atoms with van der Waals surface area (Å²) in [5.74, 6) is 2.64. The highest BCUT2D eigenvalue weighted by atomic mass is 79.9. The monoisotopic (exact) mass is 310 g/mol. The van der Waals surface area contributed by atoms with Crippen LogP contribution in [0.4, 0.5) is 5.69 Å². The summed E-state index contributed by atoms with van der Waals surface area (Å²) in [6, 6.07) is 4.98. The van der Waals surface area contributed by atoms with Gasteiger partial charge in [-0.25, -0.2) is 0 Å². The highest BCUT2D eigenvalue weighted by Gasteiger charge is 2.14. The molecule has 0 saturated carbocycles. The Bertz CT molecular complexity index is 469. The van der Waals surface area contributed by atoms with E-state index in [-0.39, 0.29) is 16.7 Å². The van der Waals surface area contributed by atoms with Crippen LogP contribution >= 0.6 is 15.9 Å². The molecule has 0 heterocycles. The first-order chi connectivity index (χ1) is 8.58. The van der Waals surface area contributed by atoms with Crippen molar-refractivity contribution in [2.45, 2.75) is 32.4 Å². The SMILES string of the molecule is C#CC(CCC)NCc1ccc(Br)cc1[N+](=O)[O-]. The van der Waals surface area contributed by atoms with Crippen molar-refractivity contribution >= 4 is 21.6 Å². The van der Waals surface area contributed by atoms with Crippen molar-refractivity contribution in [2.24, 2.45) is 0 Å². The molecule has 5 heteroatoms. The van der Waals surface area contributed by atoms with E-state index in [4.69, 9.17) is 6.42 Å². The number of nitro benzene ring substituents is 1. The van der Waals surface area contributed by atoms with Crippen LogP contribution in [0.5, 0.6) is 0 Å². The van der Waals surface area contributed by atoms with E-state index in [9.17, 15) is 10.1 Å². The van der Waals surface area contributed by atoms with Crippen molar-refractivity contribution in [3.8, 4) is 12.3 Å². The molecule has 0 aliphatic carbocycles. The number of rotatable bonds is 6. The molecule has 18 heavy (non-hydrogen) atoms. The average Bonchev–Trinajstić information content (AvgIpc) is 2.35. The molecule has 0 fully saturated rings. The van der Waals surface area contributed by atoms with Crippen molar-refractivity contribution in [2.75, 3.05) is 0 Å². The molecular weight excluding hydrogens is 296 g/mol. The second-order valence-corrected chi connectivity index (χ2v) is 4.83. The van der Waals surface area contributed by atoms with Crippen molar-refractivity contribution in [3.63, 3.8) is 0 Å². The first-order valence-corrected chi connectivity index (χ1v) is 6.50. The first kappa shape index (κ1) is 14.7. The van der Waals surface area contributed by atoms with Gasteiger partial charge in [0, 0.05) is 22.6 Å². The molecule has 1 aromatic carbocycles. The predicted molar refractivity (Wildman–Crippen MR) is 75.2 cm³/mol. The molecule has 4 nitrogen and oxygen atoms in total. The lowest BCUT2D eigenvalue weighted by atomic mass is 10.1. The van der Waals surface area contributed by atoms with Gasteiger partial charge in [0.15, 0.2) is 0 Å². The number of hydrogen-bond donors (Lipinski definition) is 1. The van der Waals surface area contributed by atoms with Gasteiger partial charge in [-0.2, -0.15) is 0 Å². The summed E-state index contributed by atoms with van der Waals surface area (Å²) in [6.07, 6.45) is 7.23. The average molecular weight is 311 g/mol. The molecule has 1 aromatic rings. The lowest BCUT2D eigenvalue weighted by Crippen LogP contribution is -2.27. The molecule has 1 atom stereocenters. The summed E-state index contributed by atoms with van der Waals surface area (Å²) in [7, 11) is 0. The topological polar surface area (TPSA) is 55.2 Å². The van der Waals surface area contributed by atoms with Gasteiger partial charge in [-0.05, 0) is 18.6 Å². The largest absolute Gasteiger partial charge is 0.299 e. The maximum absolute atomic E-state index is 10.9. The fraction of sp³-hybridized carbons (Fsp3) is 0.385. The van der Waals surface area contributed by atoms with E-state index in [1.807, 2.05) is 6.92 Å². The smallest absolute Gasteiger partial charge is 0.275 e. The van der Waals surface area contributed by atoms with E-state index in [2.05, 4.69) is 27.2 Å². The van der Waals surface area contributed by atoms with Crippen molar-refractivity contribution in [1.29, 1.82) is 0 Å². The zero-order chi connectivity index (χ0) is 13.5. The second-order valence-electron chi connectivity index (χ2n) is 3.92. The standard InChI is InChI=1S/C13H15BrN2O2/c1-3-5-12(4-2)15-9-10-6-7-11(14)8-13(10)16(17)18/h2,6-8,12,15H,3,5,9H2,1H3. The van der Waals surface area contributed by atoms with Crippen LogP contribution in [0.1, 0.15) is 25.3 Å². The predicted octanol–water partition coefficient (Wildman–Crippen LogP) is 3.25. The number of nitrogens with zero attached hydrogens (tertiary/aromatic N) is 1. The molecule has 1 N–H and O–H groups in total. The van der Waals surface area contributed by atoms with E-state index in [0.717, 1.165) is 12.8 Å². The number of nitro groups is 1. The van der Waals surface area contributed by atoms with Gasteiger partial charge in [0.1, 0.15) is 0 Å². The Labute approximate surface area is 115 Å². The summed E-state index contributed by atoms with van der Waals surface area (Å²) in [5.41, 5.74) is 0.740. The Kier molecular flexibility index (Phi) is 5.83. The molecule has 0 spiro atoms. The second kappa shape index (κ2) is 7.14. The van der Waals surface area contributed by atoms with E-state index < -0.39 is 0 Å². The number of hydrogen-bond acceptors (Lipinski definition) is 3. The van der Waals surface area contributed by atoms with Crippen LogP contribution in [0.15, 0.2) is 22.7 Å². The number of benzene rings is 1. The summed E-state index contributed by atoms with van der Waals surface area (Å²) in [6.45, 7) is 2.45. The minimum atomic E-state index is -0.382. The lowest BCUT2D eigenvalue weighted by molar-refractivity contribution is -0.385. The van der Waals surface area contributed by atoms with E-state index in [0.29, 0.717) is 16.6 Å². The lowest BCUT2D eigenvalue weighted by Gasteiger charge is -2.12. The molecule has 0 amide bonds. The minimum absolute atomic E-state index is 0.0433.